The van der Waals surface area contributed by atoms with Crippen LogP contribution in [0.5, 0.6) is 0 Å². The van der Waals surface area contributed by atoms with Gasteiger partial charge in [-0.25, -0.2) is 13.6 Å². The number of carboxylic acid groups (broad SMARTS) is 1. The summed E-state index contributed by atoms with van der Waals surface area (Å²) in [5, 5.41) is 8.67. The molecular weight excluding hydrogens is 258 g/mol. The Morgan fingerprint density at radius 2 is 2.11 bits per heavy atom. The smallest absolute Gasteiger partial charge is 0.338 e. The van der Waals surface area contributed by atoms with Crippen molar-refractivity contribution in [2.75, 3.05) is 18.0 Å². The molecule has 3 N–H and O–H groups in total. The fourth-order valence-electron chi connectivity index (χ4n) is 2.09. The zero-order chi connectivity index (χ0) is 14.2. The van der Waals surface area contributed by atoms with Crippen molar-refractivity contribution in [1.29, 1.82) is 0 Å². The third kappa shape index (κ3) is 2.28. The number of carbonyl (C=O) groups excluding carboxylic acids is 1. The quantitative estimate of drug-likeness (QED) is 0.857. The van der Waals surface area contributed by atoms with Gasteiger partial charge in [0.15, 0.2) is 11.6 Å². The van der Waals surface area contributed by atoms with Crippen molar-refractivity contribution in [3.63, 3.8) is 0 Å². The van der Waals surface area contributed by atoms with Crippen molar-refractivity contribution in [3.05, 3.63) is 29.3 Å². The lowest BCUT2D eigenvalue weighted by atomic mass is 10.1. The molecule has 0 bridgehead atoms. The Labute approximate surface area is 107 Å². The van der Waals surface area contributed by atoms with Gasteiger partial charge in [0.2, 0.25) is 5.91 Å². The van der Waals surface area contributed by atoms with Crippen molar-refractivity contribution < 1.29 is 23.5 Å². The average molecular weight is 270 g/mol. The van der Waals surface area contributed by atoms with Gasteiger partial charge in [0.1, 0.15) is 0 Å². The lowest BCUT2D eigenvalue weighted by Crippen LogP contribution is -2.27. The SMILES string of the molecule is NCC1CC(=O)N(c2ccc(C(=O)O)c(F)c2F)C1. The molecule has 0 saturated carbocycles. The van der Waals surface area contributed by atoms with E-state index in [1.54, 1.807) is 0 Å². The second kappa shape index (κ2) is 4.93. The van der Waals surface area contributed by atoms with E-state index in [0.29, 0.717) is 0 Å². The van der Waals surface area contributed by atoms with Crippen LogP contribution in [0.25, 0.3) is 0 Å². The van der Waals surface area contributed by atoms with Crippen molar-refractivity contribution in [1.82, 2.24) is 0 Å². The first-order chi connectivity index (χ1) is 8.95. The third-order valence-corrected chi connectivity index (χ3v) is 3.12. The number of carboxylic acids is 1. The molecule has 0 aliphatic carbocycles. The van der Waals surface area contributed by atoms with Crippen LogP contribution in [-0.4, -0.2) is 30.1 Å². The maximum absolute atomic E-state index is 13.8. The van der Waals surface area contributed by atoms with E-state index in [4.69, 9.17) is 10.8 Å². The van der Waals surface area contributed by atoms with Crippen LogP contribution < -0.4 is 10.6 Å². The van der Waals surface area contributed by atoms with E-state index >= 15 is 0 Å². The Morgan fingerprint density at radius 3 is 2.63 bits per heavy atom. The lowest BCUT2D eigenvalue weighted by Gasteiger charge is -2.18. The van der Waals surface area contributed by atoms with Crippen molar-refractivity contribution in [2.45, 2.75) is 6.42 Å². The van der Waals surface area contributed by atoms with Gasteiger partial charge in [-0.15, -0.1) is 0 Å². The molecule has 7 heteroatoms. The number of amides is 1. The summed E-state index contributed by atoms with van der Waals surface area (Å²) < 4.78 is 27.4. The van der Waals surface area contributed by atoms with E-state index < -0.39 is 23.2 Å². The second-order valence-electron chi connectivity index (χ2n) is 4.38. The predicted octanol–water partition coefficient (Wildman–Crippen LogP) is 0.975. The zero-order valence-corrected chi connectivity index (χ0v) is 9.90. The number of rotatable bonds is 3. The summed E-state index contributed by atoms with van der Waals surface area (Å²) in [6, 6.07) is 2.04. The summed E-state index contributed by atoms with van der Waals surface area (Å²) >= 11 is 0. The lowest BCUT2D eigenvalue weighted by molar-refractivity contribution is -0.117. The zero-order valence-electron chi connectivity index (χ0n) is 9.90. The average Bonchev–Trinajstić information content (AvgIpc) is 2.73. The topological polar surface area (TPSA) is 83.6 Å². The number of carbonyl (C=O) groups is 2. The molecule has 1 atom stereocenters. The van der Waals surface area contributed by atoms with Gasteiger partial charge >= 0.3 is 5.97 Å². The van der Waals surface area contributed by atoms with Crippen LogP contribution in [-0.2, 0) is 4.79 Å². The maximum Gasteiger partial charge on any atom is 0.338 e. The first kappa shape index (κ1) is 13.4. The van der Waals surface area contributed by atoms with Crippen LogP contribution in [0.1, 0.15) is 16.8 Å². The normalized spacial score (nSPS) is 19.0. The molecule has 1 heterocycles. The number of nitrogens with two attached hydrogens (primary N) is 1. The summed E-state index contributed by atoms with van der Waals surface area (Å²) in [4.78, 5) is 23.5. The molecule has 2 rings (SSSR count). The first-order valence-electron chi connectivity index (χ1n) is 5.67. The fraction of sp³-hybridized carbons (Fsp3) is 0.333. The molecule has 1 aromatic carbocycles. The number of benzene rings is 1. The standard InChI is InChI=1S/C12H12F2N2O3/c13-10-7(12(18)19)1-2-8(11(10)14)16-5-6(4-15)3-9(16)17/h1-2,6H,3-5,15H2,(H,18,19). The van der Waals surface area contributed by atoms with Gasteiger partial charge in [-0.3, -0.25) is 4.79 Å². The summed E-state index contributed by atoms with van der Waals surface area (Å²) in [6.45, 7) is 0.484. The number of hydrogen-bond donors (Lipinski definition) is 2. The van der Waals surface area contributed by atoms with Crippen LogP contribution in [0.2, 0.25) is 0 Å². The van der Waals surface area contributed by atoms with Crippen molar-refractivity contribution in [3.8, 4) is 0 Å². The molecule has 0 aromatic heterocycles. The van der Waals surface area contributed by atoms with Crippen LogP contribution in [0, 0.1) is 17.6 Å². The maximum atomic E-state index is 13.8. The van der Waals surface area contributed by atoms with E-state index in [2.05, 4.69) is 0 Å². The highest BCUT2D eigenvalue weighted by Crippen LogP contribution is 2.29. The van der Waals surface area contributed by atoms with Crippen LogP contribution in [0.4, 0.5) is 14.5 Å². The Hall–Kier alpha value is -2.02. The van der Waals surface area contributed by atoms with E-state index in [0.717, 1.165) is 17.0 Å². The minimum atomic E-state index is -1.56. The highest BCUT2D eigenvalue weighted by atomic mass is 19.2. The monoisotopic (exact) mass is 270 g/mol. The molecule has 0 radical (unpaired) electrons. The summed E-state index contributed by atoms with van der Waals surface area (Å²) in [5.74, 6) is -4.80. The van der Waals surface area contributed by atoms with Crippen LogP contribution in [0.3, 0.4) is 0 Å². The number of anilines is 1. The largest absolute Gasteiger partial charge is 0.478 e. The van der Waals surface area contributed by atoms with E-state index in [1.807, 2.05) is 0 Å². The Balaban J connectivity index is 2.39. The number of hydrogen-bond acceptors (Lipinski definition) is 3. The molecular formula is C12H12F2N2O3. The van der Waals surface area contributed by atoms with Gasteiger partial charge in [0.25, 0.3) is 0 Å². The molecule has 5 nitrogen and oxygen atoms in total. The van der Waals surface area contributed by atoms with E-state index in [9.17, 15) is 18.4 Å². The Morgan fingerprint density at radius 1 is 1.42 bits per heavy atom. The molecule has 1 amide bonds. The molecule has 1 aliphatic rings. The van der Waals surface area contributed by atoms with Gasteiger partial charge in [-0.05, 0) is 24.6 Å². The molecule has 0 spiro atoms. The van der Waals surface area contributed by atoms with E-state index in [1.165, 1.54) is 0 Å². The number of nitrogens with zero attached hydrogens (tertiary/aromatic N) is 1. The van der Waals surface area contributed by atoms with Gasteiger partial charge in [-0.2, -0.15) is 0 Å². The van der Waals surface area contributed by atoms with Gasteiger partial charge in [0, 0.05) is 13.0 Å². The summed E-state index contributed by atoms with van der Waals surface area (Å²) in [5.41, 5.74) is 4.44. The molecule has 1 saturated heterocycles. The Kier molecular flexibility index (Phi) is 3.48. The van der Waals surface area contributed by atoms with Gasteiger partial charge in [-0.1, -0.05) is 0 Å². The minimum absolute atomic E-state index is 0.103. The summed E-state index contributed by atoms with van der Waals surface area (Å²) in [7, 11) is 0. The minimum Gasteiger partial charge on any atom is -0.478 e. The molecule has 19 heavy (non-hydrogen) atoms. The van der Waals surface area contributed by atoms with Crippen LogP contribution in [0.15, 0.2) is 12.1 Å². The molecule has 1 unspecified atom stereocenters. The molecule has 1 fully saturated rings. The summed E-state index contributed by atoms with van der Waals surface area (Å²) in [6.07, 6.45) is 0.179. The molecule has 1 aromatic rings. The van der Waals surface area contributed by atoms with E-state index in [-0.39, 0.29) is 37.0 Å². The van der Waals surface area contributed by atoms with Crippen LogP contribution >= 0.6 is 0 Å². The molecule has 1 aliphatic heterocycles. The number of aromatic carboxylic acids is 1. The van der Waals surface area contributed by atoms with Crippen molar-refractivity contribution >= 4 is 17.6 Å². The van der Waals surface area contributed by atoms with Gasteiger partial charge < -0.3 is 15.7 Å². The predicted molar refractivity (Wildman–Crippen MR) is 62.8 cm³/mol. The third-order valence-electron chi connectivity index (χ3n) is 3.12. The Bertz CT molecular complexity index is 548. The highest BCUT2D eigenvalue weighted by Gasteiger charge is 2.32. The van der Waals surface area contributed by atoms with Gasteiger partial charge in [0.05, 0.1) is 11.3 Å². The highest BCUT2D eigenvalue weighted by molar-refractivity contribution is 5.96. The molecule has 102 valence electrons. The number of halogens is 2. The fourth-order valence-corrected chi connectivity index (χ4v) is 2.09. The first-order valence-corrected chi connectivity index (χ1v) is 5.67. The van der Waals surface area contributed by atoms with Crippen molar-refractivity contribution in [2.24, 2.45) is 11.7 Å². The second-order valence-corrected chi connectivity index (χ2v) is 4.38.